The molecule has 0 fully saturated rings. The normalized spacial score (nSPS) is 10.2. The predicted octanol–water partition coefficient (Wildman–Crippen LogP) is 3.84. The third-order valence-electron chi connectivity index (χ3n) is 3.24. The van der Waals surface area contributed by atoms with Gasteiger partial charge in [-0.15, -0.1) is 0 Å². The number of hydrogen-bond acceptors (Lipinski definition) is 1. The molecule has 0 unspecified atom stereocenters. The molecule has 0 spiro atoms. The van der Waals surface area contributed by atoms with E-state index in [-0.39, 0.29) is 5.91 Å². The number of nitrogens with zero attached hydrogens (tertiary/aromatic N) is 1. The second kappa shape index (κ2) is 8.16. The average Bonchev–Trinajstić information content (AvgIpc) is 2.52. The Hall–Kier alpha value is -2.09. The molecule has 1 amide bonds. The molecule has 2 nitrogen and oxygen atoms in total. The molecule has 0 saturated heterocycles. The van der Waals surface area contributed by atoms with Crippen molar-refractivity contribution < 1.29 is 4.79 Å². The number of hydrogen-bond donors (Lipinski definition) is 0. The molecule has 2 heteroatoms. The van der Waals surface area contributed by atoms with E-state index in [4.69, 9.17) is 0 Å². The Kier molecular flexibility index (Phi) is 5.84. The largest absolute Gasteiger partial charge is 0.272 e. The van der Waals surface area contributed by atoms with Gasteiger partial charge in [0.05, 0.1) is 0 Å². The first kappa shape index (κ1) is 14.3. The SMILES string of the molecule is O=C([N]CCCCCc1ccccc1)c1ccccc1. The van der Waals surface area contributed by atoms with Crippen LogP contribution < -0.4 is 5.32 Å². The molecule has 0 aromatic heterocycles. The summed E-state index contributed by atoms with van der Waals surface area (Å²) in [5, 5.41) is 4.10. The molecular weight excluding hydrogens is 246 g/mol. The van der Waals surface area contributed by atoms with Crippen LogP contribution in [0.5, 0.6) is 0 Å². The van der Waals surface area contributed by atoms with Crippen molar-refractivity contribution in [1.29, 1.82) is 0 Å². The van der Waals surface area contributed by atoms with Crippen LogP contribution in [0, 0.1) is 0 Å². The summed E-state index contributed by atoms with van der Waals surface area (Å²) in [6, 6.07) is 19.7. The van der Waals surface area contributed by atoms with Gasteiger partial charge in [0.15, 0.2) is 0 Å². The van der Waals surface area contributed by atoms with Gasteiger partial charge in [0.1, 0.15) is 0 Å². The van der Waals surface area contributed by atoms with E-state index < -0.39 is 0 Å². The third kappa shape index (κ3) is 4.88. The molecule has 0 aliphatic rings. The van der Waals surface area contributed by atoms with E-state index in [1.165, 1.54) is 5.56 Å². The van der Waals surface area contributed by atoms with Crippen LogP contribution >= 0.6 is 0 Å². The second-order valence-electron chi connectivity index (χ2n) is 4.85. The van der Waals surface area contributed by atoms with Crippen LogP contribution in [0.1, 0.15) is 35.2 Å². The maximum absolute atomic E-state index is 11.7. The minimum absolute atomic E-state index is 0.103. The van der Waals surface area contributed by atoms with Gasteiger partial charge in [-0.05, 0) is 37.0 Å². The summed E-state index contributed by atoms with van der Waals surface area (Å²) < 4.78 is 0. The lowest BCUT2D eigenvalue weighted by Crippen LogP contribution is -2.16. The molecule has 2 aromatic rings. The van der Waals surface area contributed by atoms with Crippen LogP contribution in [0.25, 0.3) is 0 Å². The lowest BCUT2D eigenvalue weighted by molar-refractivity contribution is 0.0948. The summed E-state index contributed by atoms with van der Waals surface area (Å²) in [7, 11) is 0. The van der Waals surface area contributed by atoms with Crippen molar-refractivity contribution in [1.82, 2.24) is 5.32 Å². The van der Waals surface area contributed by atoms with E-state index >= 15 is 0 Å². The summed E-state index contributed by atoms with van der Waals surface area (Å²) in [4.78, 5) is 11.7. The molecule has 20 heavy (non-hydrogen) atoms. The standard InChI is InChI=1S/C18H20NO/c20-18(17-13-7-2-8-14-17)19-15-9-3-6-12-16-10-4-1-5-11-16/h1-2,4-5,7-8,10-11,13-14H,3,6,9,12,15H2. The Morgan fingerprint density at radius 1 is 0.800 bits per heavy atom. The Morgan fingerprint density at radius 3 is 2.15 bits per heavy atom. The van der Waals surface area contributed by atoms with Gasteiger partial charge in [-0.25, -0.2) is 5.32 Å². The first-order chi connectivity index (χ1) is 9.86. The van der Waals surface area contributed by atoms with Crippen molar-refractivity contribution in [3.8, 4) is 0 Å². The highest BCUT2D eigenvalue weighted by atomic mass is 16.1. The fourth-order valence-electron chi connectivity index (χ4n) is 2.12. The van der Waals surface area contributed by atoms with Crippen LogP contribution in [-0.2, 0) is 6.42 Å². The van der Waals surface area contributed by atoms with E-state index in [1.54, 1.807) is 12.1 Å². The van der Waals surface area contributed by atoms with E-state index in [0.29, 0.717) is 12.1 Å². The molecule has 0 atom stereocenters. The molecule has 0 aliphatic heterocycles. The van der Waals surface area contributed by atoms with E-state index in [0.717, 1.165) is 25.7 Å². The van der Waals surface area contributed by atoms with Gasteiger partial charge >= 0.3 is 0 Å². The van der Waals surface area contributed by atoms with Crippen LogP contribution in [0.4, 0.5) is 0 Å². The number of carbonyl (C=O) groups excluding carboxylic acids is 1. The highest BCUT2D eigenvalue weighted by molar-refractivity contribution is 5.93. The van der Waals surface area contributed by atoms with Gasteiger partial charge in [-0.1, -0.05) is 55.0 Å². The predicted molar refractivity (Wildman–Crippen MR) is 81.8 cm³/mol. The fraction of sp³-hybridized carbons (Fsp3) is 0.278. The second-order valence-corrected chi connectivity index (χ2v) is 4.85. The summed E-state index contributed by atoms with van der Waals surface area (Å²) in [6.45, 7) is 0.627. The van der Waals surface area contributed by atoms with Crippen molar-refractivity contribution in [2.24, 2.45) is 0 Å². The first-order valence-corrected chi connectivity index (χ1v) is 7.17. The molecule has 2 aromatic carbocycles. The van der Waals surface area contributed by atoms with Crippen molar-refractivity contribution in [2.45, 2.75) is 25.7 Å². The number of rotatable bonds is 7. The zero-order chi connectivity index (χ0) is 14.0. The molecule has 0 bridgehead atoms. The number of unbranched alkanes of at least 4 members (excludes halogenated alkanes) is 2. The van der Waals surface area contributed by atoms with Crippen molar-refractivity contribution in [3.63, 3.8) is 0 Å². The van der Waals surface area contributed by atoms with E-state index in [2.05, 4.69) is 29.6 Å². The van der Waals surface area contributed by atoms with Gasteiger partial charge in [0, 0.05) is 12.1 Å². The Morgan fingerprint density at radius 2 is 1.45 bits per heavy atom. The third-order valence-corrected chi connectivity index (χ3v) is 3.24. The van der Waals surface area contributed by atoms with Gasteiger partial charge in [-0.3, -0.25) is 4.79 Å². The highest BCUT2D eigenvalue weighted by Gasteiger charge is 2.04. The number of benzene rings is 2. The van der Waals surface area contributed by atoms with Crippen LogP contribution in [0.15, 0.2) is 60.7 Å². The molecule has 0 N–H and O–H groups in total. The number of aryl methyl sites for hydroxylation is 1. The zero-order valence-electron chi connectivity index (χ0n) is 11.7. The summed E-state index contributed by atoms with van der Waals surface area (Å²) in [5.41, 5.74) is 2.06. The highest BCUT2D eigenvalue weighted by Crippen LogP contribution is 2.06. The Balaban J connectivity index is 1.57. The maximum atomic E-state index is 11.7. The topological polar surface area (TPSA) is 31.2 Å². The van der Waals surface area contributed by atoms with Crippen molar-refractivity contribution in [3.05, 3.63) is 71.8 Å². The average molecular weight is 266 g/mol. The smallest absolute Gasteiger partial charge is 0.267 e. The van der Waals surface area contributed by atoms with Crippen molar-refractivity contribution >= 4 is 5.91 Å². The monoisotopic (exact) mass is 266 g/mol. The Labute approximate surface area is 120 Å². The quantitative estimate of drug-likeness (QED) is 0.700. The summed E-state index contributed by atoms with van der Waals surface area (Å²) in [5.74, 6) is -0.103. The van der Waals surface area contributed by atoms with Crippen LogP contribution in [-0.4, -0.2) is 12.5 Å². The minimum atomic E-state index is -0.103. The maximum Gasteiger partial charge on any atom is 0.272 e. The lowest BCUT2D eigenvalue weighted by atomic mass is 10.1. The molecular formula is C18H20NO. The molecule has 0 heterocycles. The summed E-state index contributed by atoms with van der Waals surface area (Å²) in [6.07, 6.45) is 4.35. The van der Waals surface area contributed by atoms with Gasteiger partial charge in [0.25, 0.3) is 5.91 Å². The van der Waals surface area contributed by atoms with Crippen LogP contribution in [0.2, 0.25) is 0 Å². The van der Waals surface area contributed by atoms with E-state index in [9.17, 15) is 4.79 Å². The van der Waals surface area contributed by atoms with Gasteiger partial charge in [0.2, 0.25) is 0 Å². The first-order valence-electron chi connectivity index (χ1n) is 7.17. The number of amides is 1. The molecule has 2 rings (SSSR count). The molecule has 1 radical (unpaired) electrons. The van der Waals surface area contributed by atoms with Crippen molar-refractivity contribution in [2.75, 3.05) is 6.54 Å². The van der Waals surface area contributed by atoms with E-state index in [1.807, 2.05) is 24.3 Å². The summed E-state index contributed by atoms with van der Waals surface area (Å²) >= 11 is 0. The lowest BCUT2D eigenvalue weighted by Gasteiger charge is -2.03. The van der Waals surface area contributed by atoms with Gasteiger partial charge < -0.3 is 0 Å². The van der Waals surface area contributed by atoms with Crippen LogP contribution in [0.3, 0.4) is 0 Å². The molecule has 103 valence electrons. The molecule has 0 saturated carbocycles. The Bertz CT molecular complexity index is 507. The molecule has 0 aliphatic carbocycles. The minimum Gasteiger partial charge on any atom is -0.267 e. The zero-order valence-corrected chi connectivity index (χ0v) is 11.7. The van der Waals surface area contributed by atoms with Gasteiger partial charge in [-0.2, -0.15) is 0 Å². The number of carbonyl (C=O) groups is 1. The fourth-order valence-corrected chi connectivity index (χ4v) is 2.12.